The normalized spacial score (nSPS) is 11.8. The molecule has 0 atom stereocenters. The third-order valence-electron chi connectivity index (χ3n) is 6.89. The third kappa shape index (κ3) is 5.65. The van der Waals surface area contributed by atoms with Crippen molar-refractivity contribution in [2.45, 2.75) is 6.54 Å². The summed E-state index contributed by atoms with van der Waals surface area (Å²) in [6, 6.07) is 13.1. The number of hydrogen-bond acceptors (Lipinski definition) is 7. The van der Waals surface area contributed by atoms with Crippen molar-refractivity contribution in [2.75, 3.05) is 46.6 Å². The Morgan fingerprint density at radius 2 is 1.71 bits per heavy atom. The Balaban J connectivity index is 1.37. The molecule has 9 nitrogen and oxygen atoms in total. The van der Waals surface area contributed by atoms with Crippen LogP contribution in [0, 0.1) is 5.82 Å². The molecule has 0 aliphatic carbocycles. The zero-order chi connectivity index (χ0) is 28.5. The van der Waals surface area contributed by atoms with E-state index in [1.807, 2.05) is 64.8 Å². The Morgan fingerprint density at radius 1 is 0.854 bits per heavy atom. The molecule has 0 radical (unpaired) electrons. The molecule has 0 aliphatic heterocycles. The van der Waals surface area contributed by atoms with Gasteiger partial charge in [-0.2, -0.15) is 5.10 Å². The smallest absolute Gasteiger partial charge is 0.135 e. The first-order valence-electron chi connectivity index (χ1n) is 13.4. The highest BCUT2D eigenvalue weighted by atomic mass is 19.1. The first kappa shape index (κ1) is 26.5. The number of fused-ring (bicyclic) bond motifs is 2. The van der Waals surface area contributed by atoms with Crippen LogP contribution >= 0.6 is 0 Å². The lowest BCUT2D eigenvalue weighted by Crippen LogP contribution is -2.20. The van der Waals surface area contributed by atoms with Gasteiger partial charge in [0.25, 0.3) is 0 Å². The van der Waals surface area contributed by atoms with E-state index in [9.17, 15) is 4.39 Å². The van der Waals surface area contributed by atoms with Crippen LogP contribution in [0.5, 0.6) is 0 Å². The maximum absolute atomic E-state index is 14.7. The van der Waals surface area contributed by atoms with Crippen LogP contribution in [0.25, 0.3) is 55.7 Å². The Labute approximate surface area is 237 Å². The minimum absolute atomic E-state index is 0.304. The van der Waals surface area contributed by atoms with Crippen molar-refractivity contribution in [2.24, 2.45) is 0 Å². The van der Waals surface area contributed by atoms with Crippen molar-refractivity contribution >= 4 is 27.6 Å². The number of aromatic amines is 2. The van der Waals surface area contributed by atoms with Gasteiger partial charge in [-0.1, -0.05) is 0 Å². The molecular formula is C31H32FN9. The van der Waals surface area contributed by atoms with E-state index in [1.54, 1.807) is 12.4 Å². The van der Waals surface area contributed by atoms with Crippen LogP contribution in [-0.2, 0) is 6.54 Å². The number of nitrogens with zero attached hydrogens (tertiary/aromatic N) is 6. The summed E-state index contributed by atoms with van der Waals surface area (Å²) in [7, 11) is 8.09. The van der Waals surface area contributed by atoms with Gasteiger partial charge < -0.3 is 20.1 Å². The van der Waals surface area contributed by atoms with E-state index in [4.69, 9.17) is 4.98 Å². The quantitative estimate of drug-likeness (QED) is 0.222. The SMILES string of the molecule is CN(C)CCNc1cc(F)cc(-c2cncc3[nH]c(-c4n[nH]c5ccc(-c6cncc(CN(C)C)c6)nc45)cc23)c1. The summed E-state index contributed by atoms with van der Waals surface area (Å²) in [6.07, 6.45) is 7.25. The summed E-state index contributed by atoms with van der Waals surface area (Å²) >= 11 is 0. The summed E-state index contributed by atoms with van der Waals surface area (Å²) in [5.41, 5.74) is 9.10. The Kier molecular flexibility index (Phi) is 7.17. The second-order valence-corrected chi connectivity index (χ2v) is 10.8. The minimum Gasteiger partial charge on any atom is -0.384 e. The van der Waals surface area contributed by atoms with Crippen molar-refractivity contribution in [3.8, 4) is 33.8 Å². The molecule has 0 fully saturated rings. The third-order valence-corrected chi connectivity index (χ3v) is 6.89. The number of rotatable bonds is 9. The maximum atomic E-state index is 14.7. The number of anilines is 1. The van der Waals surface area contributed by atoms with Crippen LogP contribution in [0.1, 0.15) is 5.56 Å². The first-order chi connectivity index (χ1) is 19.8. The summed E-state index contributed by atoms with van der Waals surface area (Å²) in [5, 5.41) is 11.9. The van der Waals surface area contributed by atoms with Gasteiger partial charge in [-0.15, -0.1) is 0 Å². The molecule has 0 amide bonds. The average Bonchev–Trinajstić information content (AvgIpc) is 3.56. The van der Waals surface area contributed by atoms with Crippen molar-refractivity contribution in [3.05, 3.63) is 78.6 Å². The molecular weight excluding hydrogens is 517 g/mol. The fourth-order valence-corrected chi connectivity index (χ4v) is 5.01. The molecule has 0 unspecified atom stereocenters. The standard InChI is InChI=1S/C31H32FN9/c1-40(2)8-7-35-23-11-20(10-22(32)12-23)25-16-34-17-29-24(25)13-28(36-29)31-30-27(38-39-31)6-5-26(37-30)21-9-19(14-33-15-21)18-41(3)4/h5-6,9-17,35-36H,7-8,18H2,1-4H3,(H,38,39). The summed E-state index contributed by atoms with van der Waals surface area (Å²) in [6.45, 7) is 2.35. The number of nitrogens with one attached hydrogen (secondary N) is 3. The Hall–Kier alpha value is -4.67. The minimum atomic E-state index is -0.304. The van der Waals surface area contributed by atoms with E-state index in [0.717, 1.165) is 74.4 Å². The van der Waals surface area contributed by atoms with Crippen LogP contribution in [0.4, 0.5) is 10.1 Å². The van der Waals surface area contributed by atoms with E-state index < -0.39 is 0 Å². The highest BCUT2D eigenvalue weighted by molar-refractivity contribution is 6.00. The number of pyridine rings is 3. The van der Waals surface area contributed by atoms with Crippen molar-refractivity contribution in [1.82, 2.24) is 39.9 Å². The molecule has 5 aromatic heterocycles. The van der Waals surface area contributed by atoms with Gasteiger partial charge in [0.1, 0.15) is 17.0 Å². The topological polar surface area (TPSA) is 102 Å². The second kappa shape index (κ2) is 11.1. The van der Waals surface area contributed by atoms with E-state index in [2.05, 4.69) is 46.3 Å². The monoisotopic (exact) mass is 549 g/mol. The van der Waals surface area contributed by atoms with Crippen LogP contribution in [0.3, 0.4) is 0 Å². The summed E-state index contributed by atoms with van der Waals surface area (Å²) < 4.78 is 14.7. The predicted octanol–water partition coefficient (Wildman–Crippen LogP) is 5.40. The highest BCUT2D eigenvalue weighted by Gasteiger charge is 2.16. The van der Waals surface area contributed by atoms with Gasteiger partial charge in [0.15, 0.2) is 0 Å². The lowest BCUT2D eigenvalue weighted by molar-refractivity contribution is 0.402. The molecule has 10 heteroatoms. The molecule has 0 spiro atoms. The maximum Gasteiger partial charge on any atom is 0.135 e. The van der Waals surface area contributed by atoms with Crippen LogP contribution in [-0.4, -0.2) is 81.2 Å². The Morgan fingerprint density at radius 3 is 2.54 bits per heavy atom. The van der Waals surface area contributed by atoms with Crippen molar-refractivity contribution in [1.29, 1.82) is 0 Å². The van der Waals surface area contributed by atoms with Gasteiger partial charge in [-0.25, -0.2) is 9.37 Å². The highest BCUT2D eigenvalue weighted by Crippen LogP contribution is 2.35. The van der Waals surface area contributed by atoms with E-state index >= 15 is 0 Å². The van der Waals surface area contributed by atoms with E-state index in [0.29, 0.717) is 12.2 Å². The second-order valence-electron chi connectivity index (χ2n) is 10.8. The summed E-state index contributed by atoms with van der Waals surface area (Å²) in [4.78, 5) is 21.5. The fraction of sp³-hybridized carbons (Fsp3) is 0.226. The van der Waals surface area contributed by atoms with E-state index in [1.165, 1.54) is 12.1 Å². The zero-order valence-corrected chi connectivity index (χ0v) is 23.5. The molecule has 3 N–H and O–H groups in total. The number of hydrogen-bond donors (Lipinski definition) is 3. The number of likely N-dealkylation sites (N-methyl/N-ethyl adjacent to an activating group) is 1. The molecule has 6 rings (SSSR count). The van der Waals surface area contributed by atoms with Crippen molar-refractivity contribution in [3.63, 3.8) is 0 Å². The lowest BCUT2D eigenvalue weighted by Gasteiger charge is -2.13. The molecule has 208 valence electrons. The van der Waals surface area contributed by atoms with Crippen molar-refractivity contribution < 1.29 is 4.39 Å². The molecule has 0 bridgehead atoms. The van der Waals surface area contributed by atoms with E-state index in [-0.39, 0.29) is 5.82 Å². The van der Waals surface area contributed by atoms with Crippen LogP contribution < -0.4 is 5.32 Å². The number of benzene rings is 1. The number of aromatic nitrogens is 6. The molecule has 6 aromatic rings. The molecule has 0 aliphatic rings. The molecule has 5 heterocycles. The van der Waals surface area contributed by atoms with Gasteiger partial charge in [0.05, 0.1) is 28.6 Å². The largest absolute Gasteiger partial charge is 0.384 e. The average molecular weight is 550 g/mol. The lowest BCUT2D eigenvalue weighted by atomic mass is 10.0. The van der Waals surface area contributed by atoms with Gasteiger partial charge in [-0.3, -0.25) is 15.1 Å². The molecule has 0 saturated heterocycles. The fourth-order valence-electron chi connectivity index (χ4n) is 5.01. The predicted molar refractivity (Wildman–Crippen MR) is 162 cm³/mol. The molecule has 0 saturated carbocycles. The first-order valence-corrected chi connectivity index (χ1v) is 13.4. The van der Waals surface area contributed by atoms with Gasteiger partial charge in [-0.05, 0) is 81.8 Å². The van der Waals surface area contributed by atoms with Crippen LogP contribution in [0.2, 0.25) is 0 Å². The zero-order valence-electron chi connectivity index (χ0n) is 23.5. The molecule has 1 aromatic carbocycles. The molecule has 41 heavy (non-hydrogen) atoms. The Bertz CT molecular complexity index is 1840. The van der Waals surface area contributed by atoms with Gasteiger partial charge in [0.2, 0.25) is 0 Å². The number of H-pyrrole nitrogens is 2. The summed E-state index contributed by atoms with van der Waals surface area (Å²) in [5.74, 6) is -0.304. The van der Waals surface area contributed by atoms with Gasteiger partial charge in [0, 0.05) is 60.4 Å². The van der Waals surface area contributed by atoms with Crippen LogP contribution in [0.15, 0.2) is 67.3 Å². The van der Waals surface area contributed by atoms with Gasteiger partial charge >= 0.3 is 0 Å². The number of halogens is 1.